The summed E-state index contributed by atoms with van der Waals surface area (Å²) in [5.74, 6) is 1.76. The molecule has 0 aromatic carbocycles. The normalized spacial score (nSPS) is 21.4. The van der Waals surface area contributed by atoms with E-state index in [1.807, 2.05) is 0 Å². The summed E-state index contributed by atoms with van der Waals surface area (Å²) in [7, 11) is 0. The Kier molecular flexibility index (Phi) is 3.22. The average Bonchev–Trinajstić information content (AvgIpc) is 2.82. The predicted octanol–water partition coefficient (Wildman–Crippen LogP) is 2.26. The molecule has 0 heterocycles. The lowest BCUT2D eigenvalue weighted by Crippen LogP contribution is -2.25. The van der Waals surface area contributed by atoms with E-state index in [0.29, 0.717) is 5.92 Å². The molecule has 2 heteroatoms. The first-order valence-corrected chi connectivity index (χ1v) is 5.76. The Morgan fingerprint density at radius 2 is 1.93 bits per heavy atom. The lowest BCUT2D eigenvalue weighted by Gasteiger charge is -2.09. The summed E-state index contributed by atoms with van der Waals surface area (Å²) >= 11 is 0. The van der Waals surface area contributed by atoms with E-state index in [2.05, 4.69) is 17.5 Å². The van der Waals surface area contributed by atoms with Crippen LogP contribution in [0.25, 0.3) is 0 Å². The second kappa shape index (κ2) is 4.63. The van der Waals surface area contributed by atoms with Crippen LogP contribution in [0.4, 0.5) is 0 Å². The van der Waals surface area contributed by atoms with Gasteiger partial charge in [0, 0.05) is 13.0 Å². The maximum atomic E-state index is 11.3. The fourth-order valence-electron chi connectivity index (χ4n) is 1.98. The second-order valence-corrected chi connectivity index (χ2v) is 4.59. The van der Waals surface area contributed by atoms with Gasteiger partial charge in [0.25, 0.3) is 0 Å². The highest BCUT2D eigenvalue weighted by Gasteiger charge is 2.24. The fraction of sp³-hybridized carbons (Fsp3) is 0.750. The number of rotatable bonds is 5. The predicted molar refractivity (Wildman–Crippen MR) is 56.8 cm³/mol. The van der Waals surface area contributed by atoms with Crippen LogP contribution in [0.15, 0.2) is 12.2 Å². The van der Waals surface area contributed by atoms with Crippen molar-refractivity contribution in [3.05, 3.63) is 12.2 Å². The molecule has 2 rings (SSSR count). The topological polar surface area (TPSA) is 29.1 Å². The number of hydrogen-bond donors (Lipinski definition) is 1. The van der Waals surface area contributed by atoms with Gasteiger partial charge in [-0.2, -0.15) is 0 Å². The number of carbonyl (C=O) groups is 1. The molecule has 0 saturated heterocycles. The van der Waals surface area contributed by atoms with Gasteiger partial charge in [0.1, 0.15) is 0 Å². The molecule has 1 fully saturated rings. The standard InChI is InChI=1S/C12H19NO/c14-12(9-11-5-6-11)13-8-7-10-3-1-2-4-10/h1-2,10-11H,3-9H2,(H,13,14). The van der Waals surface area contributed by atoms with Gasteiger partial charge in [-0.05, 0) is 43.9 Å². The summed E-state index contributed by atoms with van der Waals surface area (Å²) < 4.78 is 0. The molecular formula is C12H19NO. The van der Waals surface area contributed by atoms with Crippen molar-refractivity contribution >= 4 is 5.91 Å². The van der Waals surface area contributed by atoms with Crippen molar-refractivity contribution in [3.63, 3.8) is 0 Å². The maximum absolute atomic E-state index is 11.3. The Morgan fingerprint density at radius 1 is 1.21 bits per heavy atom. The van der Waals surface area contributed by atoms with Crippen LogP contribution >= 0.6 is 0 Å². The van der Waals surface area contributed by atoms with Gasteiger partial charge in [0.15, 0.2) is 0 Å². The number of allylic oxidation sites excluding steroid dienone is 2. The van der Waals surface area contributed by atoms with Gasteiger partial charge in [-0.3, -0.25) is 4.79 Å². The lowest BCUT2D eigenvalue weighted by atomic mass is 10.0. The van der Waals surface area contributed by atoms with E-state index in [1.54, 1.807) is 0 Å². The molecule has 1 amide bonds. The van der Waals surface area contributed by atoms with E-state index < -0.39 is 0 Å². The van der Waals surface area contributed by atoms with Gasteiger partial charge in [-0.1, -0.05) is 12.2 Å². The van der Waals surface area contributed by atoms with Gasteiger partial charge in [0.05, 0.1) is 0 Å². The fourth-order valence-corrected chi connectivity index (χ4v) is 1.98. The van der Waals surface area contributed by atoms with Crippen molar-refractivity contribution in [1.29, 1.82) is 0 Å². The zero-order chi connectivity index (χ0) is 9.80. The van der Waals surface area contributed by atoms with Crippen LogP contribution in [-0.2, 0) is 4.79 Å². The van der Waals surface area contributed by atoms with E-state index in [9.17, 15) is 4.79 Å². The van der Waals surface area contributed by atoms with Gasteiger partial charge >= 0.3 is 0 Å². The number of nitrogens with one attached hydrogen (secondary N) is 1. The van der Waals surface area contributed by atoms with Gasteiger partial charge in [0.2, 0.25) is 5.91 Å². The van der Waals surface area contributed by atoms with Gasteiger partial charge < -0.3 is 5.32 Å². The molecule has 1 saturated carbocycles. The van der Waals surface area contributed by atoms with Gasteiger partial charge in [-0.25, -0.2) is 0 Å². The molecule has 0 spiro atoms. The number of carbonyl (C=O) groups excluding carboxylic acids is 1. The lowest BCUT2D eigenvalue weighted by molar-refractivity contribution is -0.121. The molecule has 2 aliphatic carbocycles. The first-order chi connectivity index (χ1) is 6.84. The van der Waals surface area contributed by atoms with Crippen molar-refractivity contribution in [2.24, 2.45) is 11.8 Å². The quantitative estimate of drug-likeness (QED) is 0.667. The minimum absolute atomic E-state index is 0.262. The Hall–Kier alpha value is -0.790. The molecule has 14 heavy (non-hydrogen) atoms. The largest absolute Gasteiger partial charge is 0.356 e. The molecule has 0 aliphatic heterocycles. The Labute approximate surface area is 85.8 Å². The molecule has 0 unspecified atom stereocenters. The molecule has 1 N–H and O–H groups in total. The smallest absolute Gasteiger partial charge is 0.220 e. The summed E-state index contributed by atoms with van der Waals surface area (Å²) in [5, 5.41) is 3.01. The molecule has 0 aromatic heterocycles. The minimum Gasteiger partial charge on any atom is -0.356 e. The SMILES string of the molecule is O=C(CC1CC1)NCCC1CC=CC1. The Bertz CT molecular complexity index is 222. The molecule has 0 atom stereocenters. The highest BCUT2D eigenvalue weighted by molar-refractivity contribution is 5.76. The second-order valence-electron chi connectivity index (χ2n) is 4.59. The van der Waals surface area contributed by atoms with E-state index in [-0.39, 0.29) is 5.91 Å². The summed E-state index contributed by atoms with van der Waals surface area (Å²) in [4.78, 5) is 11.3. The average molecular weight is 193 g/mol. The van der Waals surface area contributed by atoms with Crippen LogP contribution in [0.3, 0.4) is 0 Å². The number of amides is 1. The third-order valence-electron chi connectivity index (χ3n) is 3.15. The monoisotopic (exact) mass is 193 g/mol. The number of hydrogen-bond acceptors (Lipinski definition) is 1. The molecular weight excluding hydrogens is 174 g/mol. The van der Waals surface area contributed by atoms with Crippen molar-refractivity contribution < 1.29 is 4.79 Å². The van der Waals surface area contributed by atoms with Gasteiger partial charge in [-0.15, -0.1) is 0 Å². The van der Waals surface area contributed by atoms with Crippen LogP contribution in [0.5, 0.6) is 0 Å². The van der Waals surface area contributed by atoms with E-state index in [1.165, 1.54) is 25.7 Å². The molecule has 0 radical (unpaired) electrons. The van der Waals surface area contributed by atoms with Crippen LogP contribution < -0.4 is 5.32 Å². The van der Waals surface area contributed by atoms with E-state index in [0.717, 1.165) is 25.3 Å². The van der Waals surface area contributed by atoms with E-state index >= 15 is 0 Å². The molecule has 0 aromatic rings. The molecule has 0 bridgehead atoms. The minimum atomic E-state index is 0.262. The summed E-state index contributed by atoms with van der Waals surface area (Å²) in [5.41, 5.74) is 0. The zero-order valence-electron chi connectivity index (χ0n) is 8.67. The van der Waals surface area contributed by atoms with Crippen LogP contribution in [0.1, 0.15) is 38.5 Å². The Balaban J connectivity index is 1.50. The van der Waals surface area contributed by atoms with Crippen LogP contribution in [0.2, 0.25) is 0 Å². The third-order valence-corrected chi connectivity index (χ3v) is 3.15. The van der Waals surface area contributed by atoms with Crippen molar-refractivity contribution in [2.45, 2.75) is 38.5 Å². The molecule has 78 valence electrons. The summed E-state index contributed by atoms with van der Waals surface area (Å²) in [6.07, 6.45) is 11.3. The first kappa shape index (κ1) is 9.75. The van der Waals surface area contributed by atoms with Crippen LogP contribution in [-0.4, -0.2) is 12.5 Å². The van der Waals surface area contributed by atoms with Crippen molar-refractivity contribution in [1.82, 2.24) is 5.32 Å². The molecule has 2 aliphatic rings. The zero-order valence-corrected chi connectivity index (χ0v) is 8.67. The summed E-state index contributed by atoms with van der Waals surface area (Å²) in [6.45, 7) is 0.873. The highest BCUT2D eigenvalue weighted by atomic mass is 16.1. The first-order valence-electron chi connectivity index (χ1n) is 5.76. The van der Waals surface area contributed by atoms with Crippen molar-refractivity contribution in [2.75, 3.05) is 6.54 Å². The van der Waals surface area contributed by atoms with E-state index in [4.69, 9.17) is 0 Å². The highest BCUT2D eigenvalue weighted by Crippen LogP contribution is 2.32. The summed E-state index contributed by atoms with van der Waals surface area (Å²) in [6, 6.07) is 0. The Morgan fingerprint density at radius 3 is 2.57 bits per heavy atom. The molecule has 2 nitrogen and oxygen atoms in total. The van der Waals surface area contributed by atoms with Crippen molar-refractivity contribution in [3.8, 4) is 0 Å². The maximum Gasteiger partial charge on any atom is 0.220 e. The van der Waals surface area contributed by atoms with Crippen LogP contribution in [0, 0.1) is 11.8 Å². The third kappa shape index (κ3) is 3.17.